The Labute approximate surface area is 130 Å². The van der Waals surface area contributed by atoms with Crippen LogP contribution < -0.4 is 11.5 Å². The summed E-state index contributed by atoms with van der Waals surface area (Å²) < 4.78 is 2.33. The third-order valence-electron chi connectivity index (χ3n) is 3.38. The van der Waals surface area contributed by atoms with Crippen LogP contribution in [0.1, 0.15) is 6.42 Å². The van der Waals surface area contributed by atoms with E-state index in [4.69, 9.17) is 11.5 Å². The van der Waals surface area contributed by atoms with Gasteiger partial charge in [0, 0.05) is 34.0 Å². The highest BCUT2D eigenvalue weighted by atomic mass is 35.5. The molecule has 3 aromatic rings. The van der Waals surface area contributed by atoms with Crippen LogP contribution in [0.2, 0.25) is 0 Å². The number of fused-ring (bicyclic) bond motifs is 3. The number of nitrogens with zero attached hydrogens (tertiary/aromatic N) is 1. The van der Waals surface area contributed by atoms with Crippen molar-refractivity contribution < 1.29 is 0 Å². The minimum atomic E-state index is 0. The molecule has 20 heavy (non-hydrogen) atoms. The maximum Gasteiger partial charge on any atom is 0.0492 e. The summed E-state index contributed by atoms with van der Waals surface area (Å²) in [6.45, 7) is 1.66. The largest absolute Gasteiger partial charge is 0.399 e. The van der Waals surface area contributed by atoms with Crippen molar-refractivity contribution in [3.63, 3.8) is 0 Å². The van der Waals surface area contributed by atoms with Crippen molar-refractivity contribution in [1.82, 2.24) is 4.57 Å². The summed E-state index contributed by atoms with van der Waals surface area (Å²) in [6, 6.07) is 14.6. The van der Waals surface area contributed by atoms with Crippen LogP contribution in [0.4, 0.5) is 5.69 Å². The lowest BCUT2D eigenvalue weighted by Crippen LogP contribution is -2.05. The van der Waals surface area contributed by atoms with Gasteiger partial charge < -0.3 is 16.0 Å². The molecule has 5 heteroatoms. The van der Waals surface area contributed by atoms with Crippen LogP contribution in [0.3, 0.4) is 0 Å². The van der Waals surface area contributed by atoms with Gasteiger partial charge in [-0.1, -0.05) is 18.2 Å². The van der Waals surface area contributed by atoms with Crippen LogP contribution in [-0.2, 0) is 6.54 Å². The highest BCUT2D eigenvalue weighted by Crippen LogP contribution is 2.30. The van der Waals surface area contributed by atoms with Crippen LogP contribution in [0, 0.1) is 0 Å². The molecular weight excluding hydrogens is 293 g/mol. The van der Waals surface area contributed by atoms with Crippen molar-refractivity contribution in [3.8, 4) is 0 Å². The highest BCUT2D eigenvalue weighted by Gasteiger charge is 2.09. The van der Waals surface area contributed by atoms with Crippen LogP contribution in [0.5, 0.6) is 0 Å². The Morgan fingerprint density at radius 1 is 0.900 bits per heavy atom. The Kier molecular flexibility index (Phi) is 5.69. The number of halogens is 2. The zero-order chi connectivity index (χ0) is 12.5. The van der Waals surface area contributed by atoms with E-state index in [0.717, 1.165) is 18.7 Å². The molecule has 0 aliphatic carbocycles. The lowest BCUT2D eigenvalue weighted by Gasteiger charge is -2.06. The maximum absolute atomic E-state index is 5.90. The van der Waals surface area contributed by atoms with Gasteiger partial charge in [-0.25, -0.2) is 0 Å². The maximum atomic E-state index is 5.90. The predicted molar refractivity (Wildman–Crippen MR) is 92.0 cm³/mol. The van der Waals surface area contributed by atoms with Gasteiger partial charge in [-0.2, -0.15) is 0 Å². The van der Waals surface area contributed by atoms with Crippen molar-refractivity contribution in [2.75, 3.05) is 12.3 Å². The molecule has 1 heterocycles. The van der Waals surface area contributed by atoms with Gasteiger partial charge in [0.15, 0.2) is 0 Å². The summed E-state index contributed by atoms with van der Waals surface area (Å²) in [6.07, 6.45) is 0.984. The van der Waals surface area contributed by atoms with Gasteiger partial charge in [0.05, 0.1) is 0 Å². The molecule has 0 unspecified atom stereocenters. The van der Waals surface area contributed by atoms with Gasteiger partial charge in [-0.3, -0.25) is 0 Å². The predicted octanol–water partition coefficient (Wildman–Crippen LogP) is 3.57. The third kappa shape index (κ3) is 2.70. The number of nitrogen functional groups attached to an aromatic ring is 1. The Hall–Kier alpha value is -1.42. The molecule has 3 nitrogen and oxygen atoms in total. The number of anilines is 1. The van der Waals surface area contributed by atoms with Gasteiger partial charge in [0.25, 0.3) is 0 Å². The molecule has 0 fully saturated rings. The topological polar surface area (TPSA) is 57.0 Å². The molecular formula is C15H19Cl2N3. The Balaban J connectivity index is 0.000001000. The van der Waals surface area contributed by atoms with E-state index in [-0.39, 0.29) is 24.8 Å². The molecule has 0 aliphatic heterocycles. The molecule has 3 rings (SSSR count). The zero-order valence-electron chi connectivity index (χ0n) is 11.1. The Morgan fingerprint density at radius 3 is 2.35 bits per heavy atom. The number of hydrogen-bond donors (Lipinski definition) is 2. The van der Waals surface area contributed by atoms with Crippen molar-refractivity contribution in [1.29, 1.82) is 0 Å². The minimum Gasteiger partial charge on any atom is -0.399 e. The van der Waals surface area contributed by atoms with E-state index in [0.29, 0.717) is 6.54 Å². The molecule has 108 valence electrons. The zero-order valence-corrected chi connectivity index (χ0v) is 12.7. The molecule has 0 bridgehead atoms. The Morgan fingerprint density at radius 2 is 1.60 bits per heavy atom. The summed E-state index contributed by atoms with van der Waals surface area (Å²) in [5.41, 5.74) is 14.8. The van der Waals surface area contributed by atoms with Crippen molar-refractivity contribution >= 4 is 52.3 Å². The van der Waals surface area contributed by atoms with Crippen LogP contribution >= 0.6 is 24.8 Å². The number of aryl methyl sites for hydroxylation is 1. The molecule has 0 atom stereocenters. The van der Waals surface area contributed by atoms with E-state index in [9.17, 15) is 0 Å². The van der Waals surface area contributed by atoms with Crippen molar-refractivity contribution in [3.05, 3.63) is 42.5 Å². The summed E-state index contributed by atoms with van der Waals surface area (Å²) in [5, 5.41) is 2.49. The first-order valence-electron chi connectivity index (χ1n) is 6.28. The fraction of sp³-hybridized carbons (Fsp3) is 0.200. The first-order chi connectivity index (χ1) is 8.81. The monoisotopic (exact) mass is 311 g/mol. The summed E-state index contributed by atoms with van der Waals surface area (Å²) in [5.74, 6) is 0. The van der Waals surface area contributed by atoms with E-state index in [2.05, 4.69) is 41.0 Å². The standard InChI is InChI=1S/C15H17N3.2ClH/c16-8-3-9-18-14-5-2-1-4-12(14)13-10-11(17)6-7-15(13)18;;/h1-2,4-7,10H,3,8-9,16-17H2;2*1H. The fourth-order valence-electron chi connectivity index (χ4n) is 2.56. The molecule has 4 N–H and O–H groups in total. The number of rotatable bonds is 3. The van der Waals surface area contributed by atoms with Gasteiger partial charge in [-0.15, -0.1) is 24.8 Å². The number of para-hydroxylation sites is 1. The van der Waals surface area contributed by atoms with Gasteiger partial charge >= 0.3 is 0 Å². The van der Waals surface area contributed by atoms with Gasteiger partial charge in [-0.05, 0) is 37.2 Å². The summed E-state index contributed by atoms with van der Waals surface area (Å²) >= 11 is 0. The molecule has 0 saturated heterocycles. The second-order valence-corrected chi connectivity index (χ2v) is 4.59. The van der Waals surface area contributed by atoms with E-state index >= 15 is 0 Å². The van der Waals surface area contributed by atoms with Crippen LogP contribution in [-0.4, -0.2) is 11.1 Å². The quantitative estimate of drug-likeness (QED) is 0.726. The average Bonchev–Trinajstić information content (AvgIpc) is 2.70. The van der Waals surface area contributed by atoms with E-state index < -0.39 is 0 Å². The number of nitrogens with two attached hydrogens (primary N) is 2. The second kappa shape index (κ2) is 6.84. The number of aromatic nitrogens is 1. The average molecular weight is 312 g/mol. The van der Waals surface area contributed by atoms with Crippen molar-refractivity contribution in [2.45, 2.75) is 13.0 Å². The summed E-state index contributed by atoms with van der Waals surface area (Å²) in [4.78, 5) is 0. The first kappa shape index (κ1) is 16.6. The number of benzene rings is 2. The molecule has 0 amide bonds. The van der Waals surface area contributed by atoms with E-state index in [1.165, 1.54) is 21.8 Å². The van der Waals surface area contributed by atoms with Gasteiger partial charge in [0.2, 0.25) is 0 Å². The van der Waals surface area contributed by atoms with Crippen molar-refractivity contribution in [2.24, 2.45) is 5.73 Å². The first-order valence-corrected chi connectivity index (χ1v) is 6.28. The highest BCUT2D eigenvalue weighted by molar-refractivity contribution is 6.08. The van der Waals surface area contributed by atoms with Crippen LogP contribution in [0.15, 0.2) is 42.5 Å². The minimum absolute atomic E-state index is 0. The number of hydrogen-bond acceptors (Lipinski definition) is 2. The lowest BCUT2D eigenvalue weighted by atomic mass is 10.1. The normalized spacial score (nSPS) is 10.2. The third-order valence-corrected chi connectivity index (χ3v) is 3.38. The summed E-state index contributed by atoms with van der Waals surface area (Å²) in [7, 11) is 0. The van der Waals surface area contributed by atoms with Gasteiger partial charge in [0.1, 0.15) is 0 Å². The second-order valence-electron chi connectivity index (χ2n) is 4.59. The molecule has 0 spiro atoms. The van der Waals surface area contributed by atoms with Crippen LogP contribution in [0.25, 0.3) is 21.8 Å². The fourth-order valence-corrected chi connectivity index (χ4v) is 2.56. The smallest absolute Gasteiger partial charge is 0.0492 e. The molecule has 0 saturated carbocycles. The van der Waals surface area contributed by atoms with E-state index in [1.54, 1.807) is 0 Å². The SMILES string of the molecule is Cl.Cl.NCCCn1c2ccccc2c2cc(N)ccc21. The lowest BCUT2D eigenvalue weighted by molar-refractivity contribution is 0.687. The molecule has 0 radical (unpaired) electrons. The molecule has 0 aliphatic rings. The Bertz CT molecular complexity index is 707. The molecule has 1 aromatic heterocycles. The molecule has 2 aromatic carbocycles. The van der Waals surface area contributed by atoms with E-state index in [1.807, 2.05) is 6.07 Å².